The molecule has 0 atom stereocenters. The van der Waals surface area contributed by atoms with Crippen molar-refractivity contribution in [1.82, 2.24) is 9.47 Å². The molecule has 0 aliphatic carbocycles. The van der Waals surface area contributed by atoms with Gasteiger partial charge in [-0.2, -0.15) is 0 Å². The lowest BCUT2D eigenvalue weighted by Gasteiger charge is -2.12. The molecule has 0 N–H and O–H groups in total. The quantitative estimate of drug-likeness (QED) is 0.639. The largest absolute Gasteiger partial charge is 0.419 e. The first-order chi connectivity index (χ1) is 7.61. The van der Waals surface area contributed by atoms with Gasteiger partial charge in [0.1, 0.15) is 0 Å². The summed E-state index contributed by atoms with van der Waals surface area (Å²) in [6.07, 6.45) is 0. The maximum atomic E-state index is 11.3. The van der Waals surface area contributed by atoms with Crippen LogP contribution in [-0.2, 0) is 13.6 Å². The fraction of sp³-hybridized carbons (Fsp3) is 0.364. The Balaban J connectivity index is 2.41. The van der Waals surface area contributed by atoms with Crippen molar-refractivity contribution in [1.29, 1.82) is 0 Å². The number of oxazole rings is 1. The predicted molar refractivity (Wildman–Crippen MR) is 66.7 cm³/mol. The predicted octanol–water partition coefficient (Wildman–Crippen LogP) is 1.92. The number of rotatable bonds is 3. The summed E-state index contributed by atoms with van der Waals surface area (Å²) in [5, 5.41) is 0. The number of fused-ring (bicyclic) bond motifs is 1. The van der Waals surface area contributed by atoms with Gasteiger partial charge in [-0.15, -0.1) is 0 Å². The molecule has 86 valence electrons. The molecule has 0 fully saturated rings. The van der Waals surface area contributed by atoms with Crippen molar-refractivity contribution in [2.75, 3.05) is 12.5 Å². The monoisotopic (exact) mass is 284 g/mol. The third-order valence-corrected chi connectivity index (χ3v) is 3.37. The van der Waals surface area contributed by atoms with Gasteiger partial charge in [-0.25, -0.2) is 4.79 Å². The summed E-state index contributed by atoms with van der Waals surface area (Å²) in [7, 11) is 3.72. The Morgan fingerprint density at radius 2 is 2.25 bits per heavy atom. The highest BCUT2D eigenvalue weighted by atomic mass is 79.9. The first kappa shape index (κ1) is 11.4. The maximum Gasteiger partial charge on any atom is 0.419 e. The van der Waals surface area contributed by atoms with Crippen LogP contribution in [0.4, 0.5) is 0 Å². The minimum absolute atomic E-state index is 0.319. The van der Waals surface area contributed by atoms with Gasteiger partial charge in [0.15, 0.2) is 5.58 Å². The zero-order valence-electron chi connectivity index (χ0n) is 9.24. The Morgan fingerprint density at radius 3 is 2.94 bits per heavy atom. The molecule has 2 rings (SSSR count). The van der Waals surface area contributed by atoms with Crippen molar-refractivity contribution < 1.29 is 4.42 Å². The smallest absolute Gasteiger partial charge is 0.408 e. The van der Waals surface area contributed by atoms with Gasteiger partial charge in [0.25, 0.3) is 0 Å². The summed E-state index contributed by atoms with van der Waals surface area (Å²) in [6.45, 7) is 0.819. The van der Waals surface area contributed by atoms with Crippen LogP contribution in [-0.4, -0.2) is 22.0 Å². The standard InChI is InChI=1S/C11H13BrN2O2/c1-13(7-12)6-8-3-4-9-10(5-8)16-11(15)14(9)2/h3-5H,6-7H2,1-2H3. The molecule has 0 saturated heterocycles. The molecule has 2 aromatic rings. The molecule has 0 unspecified atom stereocenters. The topological polar surface area (TPSA) is 38.4 Å². The molecule has 4 nitrogen and oxygen atoms in total. The van der Waals surface area contributed by atoms with Gasteiger partial charge in [0.05, 0.1) is 11.0 Å². The number of aryl methyl sites for hydroxylation is 1. The summed E-state index contributed by atoms with van der Waals surface area (Å²) in [5.41, 5.74) is 3.41. The van der Waals surface area contributed by atoms with E-state index in [-0.39, 0.29) is 5.76 Å². The highest BCUT2D eigenvalue weighted by molar-refractivity contribution is 9.09. The minimum Gasteiger partial charge on any atom is -0.408 e. The molecule has 1 aromatic heterocycles. The molecule has 0 amide bonds. The third kappa shape index (κ3) is 2.05. The summed E-state index contributed by atoms with van der Waals surface area (Å²) >= 11 is 3.39. The van der Waals surface area contributed by atoms with Crippen molar-refractivity contribution in [2.45, 2.75) is 6.54 Å². The molecule has 1 heterocycles. The summed E-state index contributed by atoms with van der Waals surface area (Å²) in [4.78, 5) is 13.4. The van der Waals surface area contributed by atoms with Crippen LogP contribution in [0, 0.1) is 0 Å². The van der Waals surface area contributed by atoms with Crippen molar-refractivity contribution in [3.63, 3.8) is 0 Å². The Morgan fingerprint density at radius 1 is 1.50 bits per heavy atom. The van der Waals surface area contributed by atoms with E-state index in [4.69, 9.17) is 4.42 Å². The number of nitrogens with zero attached hydrogens (tertiary/aromatic N) is 2. The van der Waals surface area contributed by atoms with E-state index < -0.39 is 0 Å². The second-order valence-electron chi connectivity index (χ2n) is 3.86. The lowest BCUT2D eigenvalue weighted by molar-refractivity contribution is 0.390. The van der Waals surface area contributed by atoms with E-state index in [1.807, 2.05) is 25.2 Å². The first-order valence-electron chi connectivity index (χ1n) is 4.95. The van der Waals surface area contributed by atoms with Crippen LogP contribution in [0.2, 0.25) is 0 Å². The molecule has 1 aromatic carbocycles. The summed E-state index contributed by atoms with van der Waals surface area (Å²) in [6, 6.07) is 5.84. The van der Waals surface area contributed by atoms with Gasteiger partial charge in [-0.05, 0) is 24.7 Å². The average Bonchev–Trinajstić information content (AvgIpc) is 2.54. The molecule has 5 heteroatoms. The number of benzene rings is 1. The van der Waals surface area contributed by atoms with Crippen LogP contribution < -0.4 is 5.76 Å². The van der Waals surface area contributed by atoms with Crippen molar-refractivity contribution in [2.24, 2.45) is 7.05 Å². The molecular weight excluding hydrogens is 272 g/mol. The number of alkyl halides is 1. The molecule has 0 bridgehead atoms. The normalized spacial score (nSPS) is 11.5. The van der Waals surface area contributed by atoms with Crippen LogP contribution in [0.5, 0.6) is 0 Å². The van der Waals surface area contributed by atoms with Gasteiger partial charge in [-0.1, -0.05) is 22.0 Å². The van der Waals surface area contributed by atoms with Gasteiger partial charge in [-0.3, -0.25) is 9.47 Å². The van der Waals surface area contributed by atoms with E-state index in [9.17, 15) is 4.79 Å². The van der Waals surface area contributed by atoms with Crippen LogP contribution in [0.3, 0.4) is 0 Å². The lowest BCUT2D eigenvalue weighted by atomic mass is 10.2. The molecule has 0 aliphatic rings. The van der Waals surface area contributed by atoms with Gasteiger partial charge < -0.3 is 4.42 Å². The second kappa shape index (κ2) is 4.43. The molecule has 0 spiro atoms. The van der Waals surface area contributed by atoms with Crippen molar-refractivity contribution >= 4 is 27.0 Å². The third-order valence-electron chi connectivity index (χ3n) is 2.51. The molecule has 0 radical (unpaired) electrons. The number of halogens is 1. The van der Waals surface area contributed by atoms with E-state index in [2.05, 4.69) is 20.8 Å². The van der Waals surface area contributed by atoms with E-state index in [1.165, 1.54) is 4.57 Å². The van der Waals surface area contributed by atoms with Crippen LogP contribution >= 0.6 is 15.9 Å². The SMILES string of the molecule is CN(CBr)Cc1ccc2c(c1)oc(=O)n2C. The highest BCUT2D eigenvalue weighted by Gasteiger charge is 2.07. The Kier molecular flexibility index (Phi) is 3.16. The Hall–Kier alpha value is -1.07. The van der Waals surface area contributed by atoms with E-state index in [0.29, 0.717) is 5.58 Å². The van der Waals surface area contributed by atoms with E-state index in [1.54, 1.807) is 7.05 Å². The van der Waals surface area contributed by atoms with Crippen LogP contribution in [0.15, 0.2) is 27.4 Å². The molecule has 0 aliphatic heterocycles. The van der Waals surface area contributed by atoms with Crippen molar-refractivity contribution in [3.05, 3.63) is 34.3 Å². The van der Waals surface area contributed by atoms with Crippen molar-refractivity contribution in [3.8, 4) is 0 Å². The molecule has 0 saturated carbocycles. The summed E-state index contributed by atoms with van der Waals surface area (Å²) < 4.78 is 6.64. The van der Waals surface area contributed by atoms with E-state index in [0.717, 1.165) is 23.1 Å². The number of hydrogen-bond donors (Lipinski definition) is 0. The average molecular weight is 285 g/mol. The highest BCUT2D eigenvalue weighted by Crippen LogP contribution is 2.15. The molecule has 16 heavy (non-hydrogen) atoms. The number of hydrogen-bond acceptors (Lipinski definition) is 3. The summed E-state index contributed by atoms with van der Waals surface area (Å²) in [5.74, 6) is -0.319. The Labute approximate surface area is 102 Å². The fourth-order valence-electron chi connectivity index (χ4n) is 1.63. The minimum atomic E-state index is -0.319. The Bertz CT molecular complexity index is 559. The molecular formula is C11H13BrN2O2. The van der Waals surface area contributed by atoms with E-state index >= 15 is 0 Å². The zero-order chi connectivity index (χ0) is 11.7. The zero-order valence-corrected chi connectivity index (χ0v) is 10.8. The second-order valence-corrected chi connectivity index (χ2v) is 4.36. The number of aromatic nitrogens is 1. The van der Waals surface area contributed by atoms with Gasteiger partial charge in [0, 0.05) is 13.6 Å². The van der Waals surface area contributed by atoms with Gasteiger partial charge >= 0.3 is 5.76 Å². The lowest BCUT2D eigenvalue weighted by Crippen LogP contribution is -2.14. The van der Waals surface area contributed by atoms with Gasteiger partial charge in [0.2, 0.25) is 0 Å². The maximum absolute atomic E-state index is 11.3. The fourth-order valence-corrected chi connectivity index (χ4v) is 1.81. The first-order valence-corrected chi connectivity index (χ1v) is 6.07. The van der Waals surface area contributed by atoms with Crippen LogP contribution in [0.1, 0.15) is 5.56 Å². The van der Waals surface area contributed by atoms with Crippen LogP contribution in [0.25, 0.3) is 11.1 Å².